The maximum atomic E-state index is 12.6. The fourth-order valence-electron chi connectivity index (χ4n) is 3.63. The number of hydrogen-bond donors (Lipinski definition) is 1. The van der Waals surface area contributed by atoms with E-state index in [0.717, 1.165) is 46.7 Å². The summed E-state index contributed by atoms with van der Waals surface area (Å²) in [7, 11) is 0. The van der Waals surface area contributed by atoms with Gasteiger partial charge in [-0.2, -0.15) is 0 Å². The van der Waals surface area contributed by atoms with E-state index in [1.807, 2.05) is 6.92 Å². The summed E-state index contributed by atoms with van der Waals surface area (Å²) in [5.74, 6) is 0.125. The van der Waals surface area contributed by atoms with E-state index in [2.05, 4.69) is 46.4 Å². The van der Waals surface area contributed by atoms with Gasteiger partial charge < -0.3 is 5.32 Å². The lowest BCUT2D eigenvalue weighted by Crippen LogP contribution is -2.38. The van der Waals surface area contributed by atoms with E-state index >= 15 is 0 Å². The zero-order valence-corrected chi connectivity index (χ0v) is 15.7. The lowest BCUT2D eigenvalue weighted by molar-refractivity contribution is -0.121. The standard InChI is InChI=1S/C20H25N3OS/c1-13-3-5-15(6-4-13)20-18(25-14(2)21-20)11-19(24)22-16-9-10-23(12-16)17-7-8-17/h3-6,16-17H,7-12H2,1-2H3,(H,22,24)/t16-/m0/s1. The van der Waals surface area contributed by atoms with Crippen LogP contribution in [0.3, 0.4) is 0 Å². The Morgan fingerprint density at radius 1 is 1.24 bits per heavy atom. The van der Waals surface area contributed by atoms with E-state index in [4.69, 9.17) is 0 Å². The van der Waals surface area contributed by atoms with E-state index < -0.39 is 0 Å². The molecule has 1 saturated heterocycles. The molecule has 2 aromatic rings. The smallest absolute Gasteiger partial charge is 0.225 e. The molecule has 5 heteroatoms. The van der Waals surface area contributed by atoms with Crippen LogP contribution in [-0.2, 0) is 11.2 Å². The molecule has 0 bridgehead atoms. The molecule has 1 aliphatic heterocycles. The van der Waals surface area contributed by atoms with Crippen molar-refractivity contribution in [2.75, 3.05) is 13.1 Å². The van der Waals surface area contributed by atoms with E-state index in [1.54, 1.807) is 11.3 Å². The largest absolute Gasteiger partial charge is 0.352 e. The molecule has 2 fully saturated rings. The van der Waals surface area contributed by atoms with Crippen LogP contribution in [0.15, 0.2) is 24.3 Å². The molecule has 1 saturated carbocycles. The Balaban J connectivity index is 1.42. The second-order valence-electron chi connectivity index (χ2n) is 7.33. The molecule has 0 spiro atoms. The summed E-state index contributed by atoms with van der Waals surface area (Å²) in [6.07, 6.45) is 4.17. The van der Waals surface area contributed by atoms with Crippen LogP contribution in [0.2, 0.25) is 0 Å². The molecule has 0 radical (unpaired) electrons. The normalized spacial score (nSPS) is 20.8. The Morgan fingerprint density at radius 3 is 2.72 bits per heavy atom. The van der Waals surface area contributed by atoms with Crippen LogP contribution >= 0.6 is 11.3 Å². The molecule has 132 valence electrons. The van der Waals surface area contributed by atoms with Crippen molar-refractivity contribution in [1.82, 2.24) is 15.2 Å². The van der Waals surface area contributed by atoms with Gasteiger partial charge >= 0.3 is 0 Å². The molecular weight excluding hydrogens is 330 g/mol. The highest BCUT2D eigenvalue weighted by molar-refractivity contribution is 7.12. The quantitative estimate of drug-likeness (QED) is 0.895. The molecule has 25 heavy (non-hydrogen) atoms. The van der Waals surface area contributed by atoms with Crippen LogP contribution in [-0.4, -0.2) is 41.0 Å². The summed E-state index contributed by atoms with van der Waals surface area (Å²) in [6, 6.07) is 9.48. The third-order valence-electron chi connectivity index (χ3n) is 5.10. The predicted octanol–water partition coefficient (Wildman–Crippen LogP) is 3.32. The Kier molecular flexibility index (Phi) is 4.61. The maximum Gasteiger partial charge on any atom is 0.225 e. The van der Waals surface area contributed by atoms with Crippen molar-refractivity contribution in [3.63, 3.8) is 0 Å². The molecule has 1 amide bonds. The minimum atomic E-state index is 0.125. The number of nitrogens with one attached hydrogen (secondary N) is 1. The summed E-state index contributed by atoms with van der Waals surface area (Å²) in [4.78, 5) is 20.8. The molecule has 1 aromatic carbocycles. The maximum absolute atomic E-state index is 12.6. The topological polar surface area (TPSA) is 45.2 Å². The SMILES string of the molecule is Cc1ccc(-c2nc(C)sc2CC(=O)N[C@H]2CCN(C3CC3)C2)cc1. The number of amides is 1. The summed E-state index contributed by atoms with van der Waals surface area (Å²) < 4.78 is 0. The van der Waals surface area contributed by atoms with Gasteiger partial charge in [0.15, 0.2) is 0 Å². The highest BCUT2D eigenvalue weighted by Gasteiger charge is 2.34. The second-order valence-corrected chi connectivity index (χ2v) is 8.61. The number of aromatic nitrogens is 1. The summed E-state index contributed by atoms with van der Waals surface area (Å²) in [6.45, 7) is 6.23. The van der Waals surface area contributed by atoms with Crippen molar-refractivity contribution >= 4 is 17.2 Å². The molecule has 1 N–H and O–H groups in total. The van der Waals surface area contributed by atoms with Gasteiger partial charge in [0.25, 0.3) is 0 Å². The molecular formula is C20H25N3OS. The van der Waals surface area contributed by atoms with Crippen LogP contribution in [0.1, 0.15) is 34.7 Å². The van der Waals surface area contributed by atoms with Gasteiger partial charge in [0, 0.05) is 35.6 Å². The van der Waals surface area contributed by atoms with Crippen molar-refractivity contribution < 1.29 is 4.79 Å². The number of carbonyl (C=O) groups excluding carboxylic acids is 1. The first kappa shape index (κ1) is 16.7. The lowest BCUT2D eigenvalue weighted by Gasteiger charge is -2.15. The minimum absolute atomic E-state index is 0.125. The van der Waals surface area contributed by atoms with Gasteiger partial charge in [0.05, 0.1) is 17.1 Å². The van der Waals surface area contributed by atoms with Crippen molar-refractivity contribution in [2.24, 2.45) is 0 Å². The average Bonchev–Trinajstić information content (AvgIpc) is 3.22. The molecule has 2 heterocycles. The minimum Gasteiger partial charge on any atom is -0.352 e. The first-order chi connectivity index (χ1) is 12.1. The Hall–Kier alpha value is -1.72. The molecule has 4 rings (SSSR count). The Bertz CT molecular complexity index is 764. The molecule has 1 aliphatic carbocycles. The number of carbonyl (C=O) groups is 1. The Morgan fingerprint density at radius 2 is 2.00 bits per heavy atom. The highest BCUT2D eigenvalue weighted by Crippen LogP contribution is 2.30. The Labute approximate surface area is 153 Å². The molecule has 1 aromatic heterocycles. The van der Waals surface area contributed by atoms with Crippen molar-refractivity contribution in [3.05, 3.63) is 39.7 Å². The van der Waals surface area contributed by atoms with Crippen LogP contribution < -0.4 is 5.32 Å². The number of thiazole rings is 1. The summed E-state index contributed by atoms with van der Waals surface area (Å²) >= 11 is 1.63. The van der Waals surface area contributed by atoms with Gasteiger partial charge in [-0.05, 0) is 33.1 Å². The van der Waals surface area contributed by atoms with Crippen molar-refractivity contribution in [3.8, 4) is 11.3 Å². The number of likely N-dealkylation sites (tertiary alicyclic amines) is 1. The zero-order chi connectivity index (χ0) is 17.4. The summed E-state index contributed by atoms with van der Waals surface area (Å²) in [5, 5.41) is 4.25. The van der Waals surface area contributed by atoms with Crippen LogP contribution in [0.25, 0.3) is 11.3 Å². The van der Waals surface area contributed by atoms with Crippen molar-refractivity contribution in [1.29, 1.82) is 0 Å². The van der Waals surface area contributed by atoms with E-state index in [9.17, 15) is 4.79 Å². The second kappa shape index (κ2) is 6.89. The number of rotatable bonds is 5. The average molecular weight is 356 g/mol. The molecule has 1 atom stereocenters. The van der Waals surface area contributed by atoms with E-state index in [1.165, 1.54) is 18.4 Å². The fourth-order valence-corrected chi connectivity index (χ4v) is 4.58. The third-order valence-corrected chi connectivity index (χ3v) is 6.07. The first-order valence-corrected chi connectivity index (χ1v) is 9.97. The first-order valence-electron chi connectivity index (χ1n) is 9.15. The van der Waals surface area contributed by atoms with Gasteiger partial charge in [-0.15, -0.1) is 11.3 Å². The van der Waals surface area contributed by atoms with Gasteiger partial charge in [-0.1, -0.05) is 29.8 Å². The fraction of sp³-hybridized carbons (Fsp3) is 0.500. The molecule has 4 nitrogen and oxygen atoms in total. The number of hydrogen-bond acceptors (Lipinski definition) is 4. The zero-order valence-electron chi connectivity index (χ0n) is 14.9. The third kappa shape index (κ3) is 3.93. The number of nitrogens with zero attached hydrogens (tertiary/aromatic N) is 2. The molecule has 0 unspecified atom stereocenters. The number of aryl methyl sites for hydroxylation is 2. The van der Waals surface area contributed by atoms with E-state index in [0.29, 0.717) is 12.5 Å². The highest BCUT2D eigenvalue weighted by atomic mass is 32.1. The van der Waals surface area contributed by atoms with Gasteiger partial charge in [0.1, 0.15) is 0 Å². The van der Waals surface area contributed by atoms with Gasteiger partial charge in [-0.25, -0.2) is 4.98 Å². The van der Waals surface area contributed by atoms with Gasteiger partial charge in [-0.3, -0.25) is 9.69 Å². The van der Waals surface area contributed by atoms with Gasteiger partial charge in [0.2, 0.25) is 5.91 Å². The van der Waals surface area contributed by atoms with Crippen LogP contribution in [0.5, 0.6) is 0 Å². The van der Waals surface area contributed by atoms with Crippen molar-refractivity contribution in [2.45, 2.75) is 51.6 Å². The lowest BCUT2D eigenvalue weighted by atomic mass is 10.1. The van der Waals surface area contributed by atoms with Crippen LogP contribution in [0.4, 0.5) is 0 Å². The summed E-state index contributed by atoms with van der Waals surface area (Å²) in [5.41, 5.74) is 3.29. The predicted molar refractivity (Wildman–Crippen MR) is 102 cm³/mol. The number of benzene rings is 1. The van der Waals surface area contributed by atoms with Crippen LogP contribution in [0, 0.1) is 13.8 Å². The monoisotopic (exact) mass is 355 g/mol. The van der Waals surface area contributed by atoms with E-state index in [-0.39, 0.29) is 5.91 Å². The molecule has 2 aliphatic rings.